The van der Waals surface area contributed by atoms with Gasteiger partial charge in [-0.3, -0.25) is 0 Å². The average Bonchev–Trinajstić information content (AvgIpc) is 2.96. The van der Waals surface area contributed by atoms with Gasteiger partial charge in [-0.1, -0.05) is 30.3 Å². The summed E-state index contributed by atoms with van der Waals surface area (Å²) in [5.41, 5.74) is 1.24. The number of hydrogen-bond donors (Lipinski definition) is 2. The molecule has 3 nitrogen and oxygen atoms in total. The molecule has 0 bridgehead atoms. The summed E-state index contributed by atoms with van der Waals surface area (Å²) >= 11 is 0. The van der Waals surface area contributed by atoms with Crippen LogP contribution in [0.5, 0.6) is 0 Å². The lowest BCUT2D eigenvalue weighted by atomic mass is 9.95. The lowest BCUT2D eigenvalue weighted by Crippen LogP contribution is -2.46. The molecule has 110 valence electrons. The topological polar surface area (TPSA) is 35.5 Å². The van der Waals surface area contributed by atoms with E-state index in [1.807, 2.05) is 6.07 Å². The summed E-state index contributed by atoms with van der Waals surface area (Å²) in [6.07, 6.45) is 5.29. The number of piperidine rings is 1. The van der Waals surface area contributed by atoms with Gasteiger partial charge in [0.15, 0.2) is 0 Å². The second-order valence-corrected chi connectivity index (χ2v) is 6.25. The van der Waals surface area contributed by atoms with Crippen LogP contribution < -0.4 is 5.32 Å². The van der Waals surface area contributed by atoms with Crippen molar-refractivity contribution in [2.75, 3.05) is 26.2 Å². The molecule has 0 aliphatic carbocycles. The van der Waals surface area contributed by atoms with E-state index in [1.54, 1.807) is 0 Å². The summed E-state index contributed by atoms with van der Waals surface area (Å²) in [6, 6.07) is 11.8. The molecule has 0 unspecified atom stereocenters. The van der Waals surface area contributed by atoms with Gasteiger partial charge in [0.1, 0.15) is 0 Å². The van der Waals surface area contributed by atoms with Crippen LogP contribution in [-0.4, -0.2) is 48.3 Å². The van der Waals surface area contributed by atoms with Crippen LogP contribution in [0.1, 0.15) is 37.2 Å². The van der Waals surface area contributed by atoms with E-state index in [2.05, 4.69) is 34.5 Å². The Morgan fingerprint density at radius 2 is 2.05 bits per heavy atom. The maximum atomic E-state index is 9.61. The van der Waals surface area contributed by atoms with Crippen molar-refractivity contribution in [3.8, 4) is 0 Å². The number of hydrogen-bond acceptors (Lipinski definition) is 3. The van der Waals surface area contributed by atoms with Gasteiger partial charge in [0.05, 0.1) is 6.61 Å². The van der Waals surface area contributed by atoms with Crippen molar-refractivity contribution in [3.63, 3.8) is 0 Å². The highest BCUT2D eigenvalue weighted by Crippen LogP contribution is 2.27. The lowest BCUT2D eigenvalue weighted by molar-refractivity contribution is 0.163. The first kappa shape index (κ1) is 14.1. The molecular weight excluding hydrogens is 248 g/mol. The van der Waals surface area contributed by atoms with Gasteiger partial charge in [-0.05, 0) is 44.3 Å². The minimum absolute atomic E-state index is 0.220. The fraction of sp³-hybridized carbons (Fsp3) is 0.647. The van der Waals surface area contributed by atoms with Crippen LogP contribution in [0.3, 0.4) is 0 Å². The quantitative estimate of drug-likeness (QED) is 0.862. The molecule has 0 aromatic heterocycles. The summed E-state index contributed by atoms with van der Waals surface area (Å²) in [6.45, 7) is 3.66. The molecule has 3 rings (SSSR count). The van der Waals surface area contributed by atoms with E-state index >= 15 is 0 Å². The van der Waals surface area contributed by atoms with Crippen LogP contribution >= 0.6 is 0 Å². The number of rotatable bonds is 5. The molecule has 0 saturated carbocycles. The molecule has 20 heavy (non-hydrogen) atoms. The SMILES string of the molecule is OC[C@@H](CN[C@H]1CCN2CCC[C@@H]2C1)c1ccccc1. The summed E-state index contributed by atoms with van der Waals surface area (Å²) in [4.78, 5) is 2.65. The van der Waals surface area contributed by atoms with Gasteiger partial charge in [-0.25, -0.2) is 0 Å². The molecule has 0 spiro atoms. The molecule has 0 radical (unpaired) electrons. The van der Waals surface area contributed by atoms with Crippen LogP contribution in [0.4, 0.5) is 0 Å². The molecule has 2 saturated heterocycles. The minimum Gasteiger partial charge on any atom is -0.396 e. The van der Waals surface area contributed by atoms with Gasteiger partial charge in [0.25, 0.3) is 0 Å². The van der Waals surface area contributed by atoms with Crippen LogP contribution in [0.15, 0.2) is 30.3 Å². The van der Waals surface area contributed by atoms with Crippen molar-refractivity contribution in [1.29, 1.82) is 0 Å². The molecule has 2 N–H and O–H groups in total. The Balaban J connectivity index is 1.51. The fourth-order valence-corrected chi connectivity index (χ4v) is 3.73. The van der Waals surface area contributed by atoms with Crippen molar-refractivity contribution >= 4 is 0 Å². The van der Waals surface area contributed by atoms with Gasteiger partial charge < -0.3 is 15.3 Å². The first-order valence-corrected chi connectivity index (χ1v) is 8.00. The van der Waals surface area contributed by atoms with Gasteiger partial charge in [0.2, 0.25) is 0 Å². The Morgan fingerprint density at radius 1 is 1.20 bits per heavy atom. The third-order valence-corrected chi connectivity index (χ3v) is 4.96. The van der Waals surface area contributed by atoms with E-state index in [0.717, 1.165) is 12.6 Å². The van der Waals surface area contributed by atoms with Gasteiger partial charge >= 0.3 is 0 Å². The zero-order valence-corrected chi connectivity index (χ0v) is 12.2. The number of aliphatic hydroxyl groups is 1. The molecule has 3 atom stereocenters. The number of nitrogens with one attached hydrogen (secondary N) is 1. The van der Waals surface area contributed by atoms with Gasteiger partial charge in [-0.2, -0.15) is 0 Å². The molecule has 0 amide bonds. The third-order valence-electron chi connectivity index (χ3n) is 4.96. The van der Waals surface area contributed by atoms with Crippen molar-refractivity contribution in [3.05, 3.63) is 35.9 Å². The summed E-state index contributed by atoms with van der Waals surface area (Å²) in [5, 5.41) is 13.3. The highest BCUT2D eigenvalue weighted by molar-refractivity contribution is 5.20. The molecule has 3 heteroatoms. The van der Waals surface area contributed by atoms with E-state index in [4.69, 9.17) is 0 Å². The predicted octanol–water partition coefficient (Wildman–Crippen LogP) is 1.98. The standard InChI is InChI=1S/C17H26N2O/c20-13-15(14-5-2-1-3-6-14)12-18-16-8-10-19-9-4-7-17(19)11-16/h1-3,5-6,15-18,20H,4,7-13H2/t15-,16+,17-/m1/s1. The van der Waals surface area contributed by atoms with E-state index in [0.29, 0.717) is 6.04 Å². The first-order valence-electron chi connectivity index (χ1n) is 8.00. The van der Waals surface area contributed by atoms with Gasteiger partial charge in [-0.15, -0.1) is 0 Å². The highest BCUT2D eigenvalue weighted by Gasteiger charge is 2.31. The summed E-state index contributed by atoms with van der Waals surface area (Å²) in [7, 11) is 0. The molecular formula is C17H26N2O. The number of nitrogens with zero attached hydrogens (tertiary/aromatic N) is 1. The Bertz CT molecular complexity index is 409. The van der Waals surface area contributed by atoms with Crippen molar-refractivity contribution < 1.29 is 5.11 Å². The maximum Gasteiger partial charge on any atom is 0.0511 e. The number of aliphatic hydroxyl groups excluding tert-OH is 1. The second-order valence-electron chi connectivity index (χ2n) is 6.25. The van der Waals surface area contributed by atoms with Gasteiger partial charge in [0, 0.05) is 24.5 Å². The normalized spacial score (nSPS) is 28.2. The Kier molecular flexibility index (Phi) is 4.71. The van der Waals surface area contributed by atoms with Crippen LogP contribution in [0.2, 0.25) is 0 Å². The number of fused-ring (bicyclic) bond motifs is 1. The van der Waals surface area contributed by atoms with Crippen LogP contribution in [0, 0.1) is 0 Å². The minimum atomic E-state index is 0.220. The third kappa shape index (κ3) is 3.22. The van der Waals surface area contributed by atoms with E-state index in [1.165, 1.54) is 44.3 Å². The van der Waals surface area contributed by atoms with Crippen LogP contribution in [-0.2, 0) is 0 Å². The smallest absolute Gasteiger partial charge is 0.0511 e. The molecule has 2 aliphatic rings. The zero-order chi connectivity index (χ0) is 13.8. The average molecular weight is 274 g/mol. The van der Waals surface area contributed by atoms with E-state index < -0.39 is 0 Å². The van der Waals surface area contributed by atoms with Crippen LogP contribution in [0.25, 0.3) is 0 Å². The second kappa shape index (κ2) is 6.70. The monoisotopic (exact) mass is 274 g/mol. The first-order chi connectivity index (χ1) is 9.86. The van der Waals surface area contributed by atoms with Crippen molar-refractivity contribution in [2.45, 2.75) is 43.7 Å². The molecule has 2 fully saturated rings. The Morgan fingerprint density at radius 3 is 2.85 bits per heavy atom. The van der Waals surface area contributed by atoms with E-state index in [-0.39, 0.29) is 12.5 Å². The Hall–Kier alpha value is -0.900. The summed E-state index contributed by atoms with van der Waals surface area (Å²) in [5.74, 6) is 0.220. The molecule has 2 heterocycles. The fourth-order valence-electron chi connectivity index (χ4n) is 3.73. The largest absolute Gasteiger partial charge is 0.396 e. The lowest BCUT2D eigenvalue weighted by Gasteiger charge is -2.35. The summed E-state index contributed by atoms with van der Waals surface area (Å²) < 4.78 is 0. The zero-order valence-electron chi connectivity index (χ0n) is 12.2. The predicted molar refractivity (Wildman–Crippen MR) is 81.9 cm³/mol. The molecule has 2 aliphatic heterocycles. The maximum absolute atomic E-state index is 9.61. The van der Waals surface area contributed by atoms with Crippen molar-refractivity contribution in [2.24, 2.45) is 0 Å². The Labute approximate surface area is 122 Å². The highest BCUT2D eigenvalue weighted by atomic mass is 16.3. The van der Waals surface area contributed by atoms with Crippen molar-refractivity contribution in [1.82, 2.24) is 10.2 Å². The van der Waals surface area contributed by atoms with E-state index in [9.17, 15) is 5.11 Å². The molecule has 1 aromatic rings. The number of benzene rings is 1. The molecule has 1 aromatic carbocycles.